The molecule has 0 amide bonds. The van der Waals surface area contributed by atoms with E-state index in [0.29, 0.717) is 12.1 Å². The van der Waals surface area contributed by atoms with Crippen LogP contribution in [-0.2, 0) is 6.54 Å². The van der Waals surface area contributed by atoms with Crippen molar-refractivity contribution in [2.45, 2.75) is 45.3 Å². The van der Waals surface area contributed by atoms with E-state index in [-0.39, 0.29) is 0 Å². The van der Waals surface area contributed by atoms with E-state index in [9.17, 15) is 0 Å². The van der Waals surface area contributed by atoms with Crippen molar-refractivity contribution in [3.63, 3.8) is 0 Å². The van der Waals surface area contributed by atoms with E-state index in [1.165, 1.54) is 12.8 Å². The number of halogens is 1. The summed E-state index contributed by atoms with van der Waals surface area (Å²) in [5.74, 6) is 0.817. The summed E-state index contributed by atoms with van der Waals surface area (Å²) in [6.07, 6.45) is 4.34. The van der Waals surface area contributed by atoms with Gasteiger partial charge in [-0.15, -0.1) is 0 Å². The van der Waals surface area contributed by atoms with Gasteiger partial charge in [0, 0.05) is 24.8 Å². The molecule has 1 aliphatic rings. The summed E-state index contributed by atoms with van der Waals surface area (Å²) < 4.78 is 0. The SMILES string of the molecule is CC(C)NCc1cnc(NC2CC2)c(Cl)c1. The van der Waals surface area contributed by atoms with Crippen LogP contribution < -0.4 is 10.6 Å². The lowest BCUT2D eigenvalue weighted by Crippen LogP contribution is -2.21. The first kappa shape index (κ1) is 11.7. The van der Waals surface area contributed by atoms with Crippen LogP contribution in [0, 0.1) is 0 Å². The molecule has 0 atom stereocenters. The van der Waals surface area contributed by atoms with Crippen molar-refractivity contribution in [1.82, 2.24) is 10.3 Å². The highest BCUT2D eigenvalue weighted by Gasteiger charge is 2.22. The third-order valence-corrected chi connectivity index (χ3v) is 2.82. The Balaban J connectivity index is 1.97. The summed E-state index contributed by atoms with van der Waals surface area (Å²) in [6.45, 7) is 5.06. The highest BCUT2D eigenvalue weighted by atomic mass is 35.5. The first-order valence-corrected chi connectivity index (χ1v) is 6.17. The van der Waals surface area contributed by atoms with Gasteiger partial charge in [0.25, 0.3) is 0 Å². The fraction of sp³-hybridized carbons (Fsp3) is 0.583. The minimum absolute atomic E-state index is 0.475. The molecule has 0 aliphatic heterocycles. The van der Waals surface area contributed by atoms with Crippen LogP contribution in [0.5, 0.6) is 0 Å². The van der Waals surface area contributed by atoms with E-state index in [2.05, 4.69) is 29.5 Å². The molecule has 1 aromatic heterocycles. The number of anilines is 1. The van der Waals surface area contributed by atoms with Crippen molar-refractivity contribution in [2.75, 3.05) is 5.32 Å². The van der Waals surface area contributed by atoms with Crippen molar-refractivity contribution in [3.8, 4) is 0 Å². The molecule has 1 aliphatic carbocycles. The monoisotopic (exact) mass is 239 g/mol. The number of nitrogens with one attached hydrogen (secondary N) is 2. The molecule has 4 heteroatoms. The fourth-order valence-corrected chi connectivity index (χ4v) is 1.67. The molecule has 88 valence electrons. The van der Waals surface area contributed by atoms with Gasteiger partial charge >= 0.3 is 0 Å². The molecule has 0 bridgehead atoms. The van der Waals surface area contributed by atoms with Crippen LogP contribution in [0.4, 0.5) is 5.82 Å². The predicted molar refractivity (Wildman–Crippen MR) is 67.9 cm³/mol. The summed E-state index contributed by atoms with van der Waals surface area (Å²) in [7, 11) is 0. The van der Waals surface area contributed by atoms with E-state index in [4.69, 9.17) is 11.6 Å². The second kappa shape index (κ2) is 5.02. The first-order chi connectivity index (χ1) is 7.65. The Labute approximate surface area is 102 Å². The first-order valence-electron chi connectivity index (χ1n) is 5.79. The van der Waals surface area contributed by atoms with Crippen molar-refractivity contribution < 1.29 is 0 Å². The number of hydrogen-bond acceptors (Lipinski definition) is 3. The number of nitrogens with zero attached hydrogens (tertiary/aromatic N) is 1. The van der Waals surface area contributed by atoms with E-state index in [1.54, 1.807) is 0 Å². The molecule has 3 nitrogen and oxygen atoms in total. The van der Waals surface area contributed by atoms with Crippen LogP contribution in [0.25, 0.3) is 0 Å². The zero-order valence-electron chi connectivity index (χ0n) is 9.76. The lowest BCUT2D eigenvalue weighted by molar-refractivity contribution is 0.588. The van der Waals surface area contributed by atoms with Crippen LogP contribution in [-0.4, -0.2) is 17.1 Å². The van der Waals surface area contributed by atoms with Crippen LogP contribution in [0.2, 0.25) is 5.02 Å². The smallest absolute Gasteiger partial charge is 0.144 e. The average molecular weight is 240 g/mol. The van der Waals surface area contributed by atoms with Crippen molar-refractivity contribution in [3.05, 3.63) is 22.8 Å². The van der Waals surface area contributed by atoms with Crippen molar-refractivity contribution in [2.24, 2.45) is 0 Å². The molecule has 1 fully saturated rings. The topological polar surface area (TPSA) is 37.0 Å². The zero-order valence-corrected chi connectivity index (χ0v) is 10.5. The van der Waals surface area contributed by atoms with Gasteiger partial charge in [0.05, 0.1) is 5.02 Å². The number of aromatic nitrogens is 1. The Morgan fingerprint density at radius 2 is 2.25 bits per heavy atom. The van der Waals surface area contributed by atoms with Gasteiger partial charge in [0.1, 0.15) is 5.82 Å². The zero-order chi connectivity index (χ0) is 11.5. The van der Waals surface area contributed by atoms with Gasteiger partial charge in [-0.1, -0.05) is 25.4 Å². The Kier molecular flexibility index (Phi) is 3.66. The Morgan fingerprint density at radius 3 is 2.81 bits per heavy atom. The molecule has 16 heavy (non-hydrogen) atoms. The van der Waals surface area contributed by atoms with Gasteiger partial charge in [0.2, 0.25) is 0 Å². The minimum atomic E-state index is 0.475. The third kappa shape index (κ3) is 3.35. The molecular formula is C12H18ClN3. The molecule has 2 rings (SSSR count). The predicted octanol–water partition coefficient (Wildman–Crippen LogP) is 2.81. The molecule has 0 aromatic carbocycles. The number of rotatable bonds is 5. The normalized spacial score (nSPS) is 15.5. The van der Waals surface area contributed by atoms with E-state index in [1.807, 2.05) is 12.3 Å². The van der Waals surface area contributed by atoms with Gasteiger partial charge in [-0.25, -0.2) is 4.98 Å². The molecule has 0 spiro atoms. The maximum Gasteiger partial charge on any atom is 0.144 e. The Morgan fingerprint density at radius 1 is 1.50 bits per heavy atom. The van der Waals surface area contributed by atoms with Gasteiger partial charge in [-0.2, -0.15) is 0 Å². The lowest BCUT2D eigenvalue weighted by atomic mass is 10.2. The number of pyridine rings is 1. The second-order valence-corrected chi connectivity index (χ2v) is 5.04. The van der Waals surface area contributed by atoms with Gasteiger partial charge in [0.15, 0.2) is 0 Å². The van der Waals surface area contributed by atoms with Crippen LogP contribution in [0.3, 0.4) is 0 Å². The minimum Gasteiger partial charge on any atom is -0.366 e. The summed E-state index contributed by atoms with van der Waals surface area (Å²) in [5.41, 5.74) is 1.13. The molecule has 0 unspecified atom stereocenters. The van der Waals surface area contributed by atoms with Crippen molar-refractivity contribution in [1.29, 1.82) is 0 Å². The summed E-state index contributed by atoms with van der Waals surface area (Å²) in [6, 6.07) is 3.04. The molecule has 0 radical (unpaired) electrons. The standard InChI is InChI=1S/C12H18ClN3/c1-8(2)14-6-9-5-11(13)12(15-7-9)16-10-3-4-10/h5,7-8,10,14H,3-4,6H2,1-2H3,(H,15,16). The van der Waals surface area contributed by atoms with E-state index >= 15 is 0 Å². The van der Waals surface area contributed by atoms with Gasteiger partial charge < -0.3 is 10.6 Å². The Bertz CT molecular complexity index is 361. The number of hydrogen-bond donors (Lipinski definition) is 2. The summed E-state index contributed by atoms with van der Waals surface area (Å²) >= 11 is 6.16. The average Bonchev–Trinajstić information content (AvgIpc) is 3.02. The van der Waals surface area contributed by atoms with Crippen LogP contribution in [0.1, 0.15) is 32.3 Å². The van der Waals surface area contributed by atoms with Crippen molar-refractivity contribution >= 4 is 17.4 Å². The third-order valence-electron chi connectivity index (χ3n) is 2.53. The molecule has 0 saturated heterocycles. The highest BCUT2D eigenvalue weighted by molar-refractivity contribution is 6.32. The molecule has 1 heterocycles. The molecule has 1 aromatic rings. The fourth-order valence-electron chi connectivity index (χ4n) is 1.42. The largest absolute Gasteiger partial charge is 0.366 e. The maximum absolute atomic E-state index is 6.16. The van der Waals surface area contributed by atoms with Gasteiger partial charge in [-0.05, 0) is 24.5 Å². The van der Waals surface area contributed by atoms with Crippen LogP contribution >= 0.6 is 11.6 Å². The Hall–Kier alpha value is -0.800. The lowest BCUT2D eigenvalue weighted by Gasteiger charge is -2.10. The molecule has 1 saturated carbocycles. The molecule has 2 N–H and O–H groups in total. The molecular weight excluding hydrogens is 222 g/mol. The summed E-state index contributed by atoms with van der Waals surface area (Å²) in [5, 5.41) is 7.37. The van der Waals surface area contributed by atoms with Crippen LogP contribution in [0.15, 0.2) is 12.3 Å². The highest BCUT2D eigenvalue weighted by Crippen LogP contribution is 2.28. The summed E-state index contributed by atoms with van der Waals surface area (Å²) in [4.78, 5) is 4.35. The second-order valence-electron chi connectivity index (χ2n) is 4.63. The van der Waals surface area contributed by atoms with E-state index in [0.717, 1.165) is 22.9 Å². The van der Waals surface area contributed by atoms with Gasteiger partial charge in [-0.3, -0.25) is 0 Å². The quantitative estimate of drug-likeness (QED) is 0.830. The van der Waals surface area contributed by atoms with E-state index < -0.39 is 0 Å². The maximum atomic E-state index is 6.16.